The van der Waals surface area contributed by atoms with Crippen LogP contribution in [0.25, 0.3) is 11.1 Å². The van der Waals surface area contributed by atoms with Crippen LogP contribution in [0.5, 0.6) is 0 Å². The minimum absolute atomic E-state index is 0.00629. The summed E-state index contributed by atoms with van der Waals surface area (Å²) >= 11 is 7.05. The second kappa shape index (κ2) is 10.3. The van der Waals surface area contributed by atoms with Gasteiger partial charge in [0.25, 0.3) is 5.91 Å². The van der Waals surface area contributed by atoms with E-state index in [1.807, 2.05) is 0 Å². The monoisotopic (exact) mass is 526 g/mol. The summed E-state index contributed by atoms with van der Waals surface area (Å²) in [6.45, 7) is 0. The van der Waals surface area contributed by atoms with Crippen LogP contribution in [0.3, 0.4) is 0 Å². The fraction of sp³-hybridized carbons (Fsp3) is 0.0833. The number of carbonyl (C=O) groups excluding carboxylic acids is 2. The number of nitrogens with one attached hydrogen (secondary N) is 2. The van der Waals surface area contributed by atoms with Crippen molar-refractivity contribution in [1.82, 2.24) is 9.97 Å². The summed E-state index contributed by atoms with van der Waals surface area (Å²) in [6.07, 6.45) is 2.65. The number of sulfone groups is 1. The molecule has 0 atom stereocenters. The molecule has 178 valence electrons. The van der Waals surface area contributed by atoms with Gasteiger partial charge in [-0.05, 0) is 42.5 Å². The van der Waals surface area contributed by atoms with Gasteiger partial charge < -0.3 is 5.32 Å². The predicted molar refractivity (Wildman–Crippen MR) is 137 cm³/mol. The third kappa shape index (κ3) is 6.30. The second-order valence-corrected chi connectivity index (χ2v) is 10.8. The lowest BCUT2D eigenvalue weighted by atomic mass is 10.1. The number of amides is 2. The first-order valence-electron chi connectivity index (χ1n) is 10.3. The third-order valence-corrected chi connectivity index (χ3v) is 7.06. The maximum atomic E-state index is 12.4. The van der Waals surface area contributed by atoms with Crippen molar-refractivity contribution in [3.8, 4) is 11.1 Å². The summed E-state index contributed by atoms with van der Waals surface area (Å²) in [5, 5.41) is 7.99. The number of rotatable bonds is 7. The Hall–Kier alpha value is -3.60. The Bertz CT molecular complexity index is 1480. The van der Waals surface area contributed by atoms with E-state index in [9.17, 15) is 18.0 Å². The Morgan fingerprint density at radius 3 is 2.43 bits per heavy atom. The van der Waals surface area contributed by atoms with Gasteiger partial charge in [-0.25, -0.2) is 18.4 Å². The van der Waals surface area contributed by atoms with Gasteiger partial charge in [0.05, 0.1) is 17.0 Å². The standard InChI is InChI=1S/C24H19ClN4O4S2/c1-35(32,33)20-5-3-2-4-19(20)16-8-11-21(26-13-16)28-22(30)12-18-14-34-24(27-18)29-23(31)15-6-9-17(25)10-7-15/h2-11,13-14H,12H2,1H3,(H,26,28,30)(H,27,29,31). The van der Waals surface area contributed by atoms with E-state index < -0.39 is 9.84 Å². The molecule has 2 aromatic heterocycles. The van der Waals surface area contributed by atoms with Crippen molar-refractivity contribution < 1.29 is 18.0 Å². The zero-order valence-electron chi connectivity index (χ0n) is 18.4. The number of hydrogen-bond acceptors (Lipinski definition) is 7. The normalized spacial score (nSPS) is 11.1. The van der Waals surface area contributed by atoms with E-state index in [1.165, 1.54) is 17.5 Å². The summed E-state index contributed by atoms with van der Waals surface area (Å²) in [4.78, 5) is 33.5. The fourth-order valence-electron chi connectivity index (χ4n) is 3.22. The van der Waals surface area contributed by atoms with Crippen LogP contribution in [-0.4, -0.2) is 36.5 Å². The van der Waals surface area contributed by atoms with Gasteiger partial charge in [0.1, 0.15) is 5.82 Å². The van der Waals surface area contributed by atoms with Crippen LogP contribution in [0.2, 0.25) is 5.02 Å². The Kier molecular flexibility index (Phi) is 7.25. The largest absolute Gasteiger partial charge is 0.310 e. The van der Waals surface area contributed by atoms with Crippen LogP contribution in [0.1, 0.15) is 16.1 Å². The molecule has 0 radical (unpaired) electrons. The van der Waals surface area contributed by atoms with Crippen molar-refractivity contribution in [3.63, 3.8) is 0 Å². The van der Waals surface area contributed by atoms with Crippen molar-refractivity contribution in [2.45, 2.75) is 11.3 Å². The van der Waals surface area contributed by atoms with Crippen LogP contribution in [-0.2, 0) is 21.1 Å². The summed E-state index contributed by atoms with van der Waals surface area (Å²) in [5.74, 6) is -0.335. The molecule has 8 nitrogen and oxygen atoms in total. The van der Waals surface area contributed by atoms with Gasteiger partial charge in [-0.2, -0.15) is 0 Å². The number of hydrogen-bond donors (Lipinski definition) is 2. The third-order valence-electron chi connectivity index (χ3n) is 4.85. The summed E-state index contributed by atoms with van der Waals surface area (Å²) in [5.41, 5.74) is 2.09. The predicted octanol–water partition coefficient (Wildman–Crippen LogP) is 4.70. The van der Waals surface area contributed by atoms with E-state index >= 15 is 0 Å². The molecule has 0 unspecified atom stereocenters. The SMILES string of the molecule is CS(=O)(=O)c1ccccc1-c1ccc(NC(=O)Cc2csc(NC(=O)c3ccc(Cl)cc3)n2)nc1. The Morgan fingerprint density at radius 1 is 1.00 bits per heavy atom. The van der Waals surface area contributed by atoms with Gasteiger partial charge in [-0.15, -0.1) is 11.3 Å². The molecule has 35 heavy (non-hydrogen) atoms. The summed E-state index contributed by atoms with van der Waals surface area (Å²) in [7, 11) is -3.40. The molecule has 0 spiro atoms. The molecule has 4 aromatic rings. The molecule has 0 fully saturated rings. The number of anilines is 2. The summed E-state index contributed by atoms with van der Waals surface area (Å²) < 4.78 is 24.1. The zero-order valence-corrected chi connectivity index (χ0v) is 20.7. The first-order chi connectivity index (χ1) is 16.7. The zero-order chi connectivity index (χ0) is 25.0. The number of aromatic nitrogens is 2. The van der Waals surface area contributed by atoms with Gasteiger partial charge in [-0.1, -0.05) is 29.8 Å². The molecule has 4 rings (SSSR count). The smallest absolute Gasteiger partial charge is 0.257 e. The maximum Gasteiger partial charge on any atom is 0.257 e. The van der Waals surface area contributed by atoms with Crippen LogP contribution in [0.4, 0.5) is 10.9 Å². The van der Waals surface area contributed by atoms with Gasteiger partial charge in [0.2, 0.25) is 5.91 Å². The molecule has 11 heteroatoms. The number of thiazole rings is 1. The molecule has 0 aliphatic carbocycles. The molecule has 2 N–H and O–H groups in total. The molecule has 0 saturated carbocycles. The molecule has 0 aliphatic rings. The first-order valence-corrected chi connectivity index (χ1v) is 13.4. The second-order valence-electron chi connectivity index (χ2n) is 7.53. The Labute approximate surface area is 210 Å². The van der Waals surface area contributed by atoms with Crippen molar-refractivity contribution in [2.24, 2.45) is 0 Å². The number of carbonyl (C=O) groups is 2. The van der Waals surface area contributed by atoms with Crippen LogP contribution in [0, 0.1) is 0 Å². The Balaban J connectivity index is 1.37. The molecule has 2 aromatic carbocycles. The fourth-order valence-corrected chi connectivity index (χ4v) is 4.97. The van der Waals surface area contributed by atoms with E-state index in [-0.39, 0.29) is 23.1 Å². The Morgan fingerprint density at radius 2 is 1.74 bits per heavy atom. The molecular weight excluding hydrogens is 508 g/mol. The number of pyridine rings is 1. The van der Waals surface area contributed by atoms with Crippen molar-refractivity contribution in [2.75, 3.05) is 16.9 Å². The van der Waals surface area contributed by atoms with E-state index in [2.05, 4.69) is 20.6 Å². The molecule has 2 heterocycles. The average molecular weight is 527 g/mol. The molecule has 0 saturated heterocycles. The highest BCUT2D eigenvalue weighted by atomic mass is 35.5. The minimum Gasteiger partial charge on any atom is -0.310 e. The molecule has 0 bridgehead atoms. The number of halogens is 1. The highest BCUT2D eigenvalue weighted by Crippen LogP contribution is 2.27. The quantitative estimate of drug-likeness (QED) is 0.360. The molecule has 2 amide bonds. The lowest BCUT2D eigenvalue weighted by Gasteiger charge is -2.09. The van der Waals surface area contributed by atoms with Crippen molar-refractivity contribution in [1.29, 1.82) is 0 Å². The van der Waals surface area contributed by atoms with Crippen LogP contribution < -0.4 is 10.6 Å². The first kappa shape index (κ1) is 24.5. The molecular formula is C24H19ClN4O4S2. The highest BCUT2D eigenvalue weighted by molar-refractivity contribution is 7.90. The van der Waals surface area contributed by atoms with Gasteiger partial charge in [0.15, 0.2) is 15.0 Å². The van der Waals surface area contributed by atoms with Crippen molar-refractivity contribution in [3.05, 3.63) is 88.5 Å². The van der Waals surface area contributed by atoms with E-state index in [0.29, 0.717) is 38.4 Å². The van der Waals surface area contributed by atoms with Crippen LogP contribution >= 0.6 is 22.9 Å². The number of benzene rings is 2. The summed E-state index contributed by atoms with van der Waals surface area (Å²) in [6, 6.07) is 16.4. The van der Waals surface area contributed by atoms with E-state index in [0.717, 1.165) is 6.26 Å². The van der Waals surface area contributed by atoms with E-state index in [1.54, 1.807) is 66.0 Å². The number of nitrogens with zero attached hydrogens (tertiary/aromatic N) is 2. The van der Waals surface area contributed by atoms with E-state index in [4.69, 9.17) is 11.6 Å². The highest BCUT2D eigenvalue weighted by Gasteiger charge is 2.15. The molecule has 0 aliphatic heterocycles. The lowest BCUT2D eigenvalue weighted by molar-refractivity contribution is -0.115. The minimum atomic E-state index is -3.40. The van der Waals surface area contributed by atoms with Gasteiger partial charge in [0, 0.05) is 39.5 Å². The van der Waals surface area contributed by atoms with Gasteiger partial charge >= 0.3 is 0 Å². The van der Waals surface area contributed by atoms with Crippen molar-refractivity contribution >= 4 is 55.5 Å². The lowest BCUT2D eigenvalue weighted by Crippen LogP contribution is -2.16. The topological polar surface area (TPSA) is 118 Å². The van der Waals surface area contributed by atoms with Crippen LogP contribution in [0.15, 0.2) is 77.1 Å². The average Bonchev–Trinajstić information content (AvgIpc) is 3.25. The maximum absolute atomic E-state index is 12.4. The van der Waals surface area contributed by atoms with Gasteiger partial charge in [-0.3, -0.25) is 14.9 Å².